The lowest BCUT2D eigenvalue weighted by atomic mass is 9.97. The number of para-hydroxylation sites is 2. The van der Waals surface area contributed by atoms with Gasteiger partial charge in [0.05, 0.1) is 0 Å². The molecule has 0 saturated carbocycles. The summed E-state index contributed by atoms with van der Waals surface area (Å²) in [5, 5.41) is 26.9. The van der Waals surface area contributed by atoms with Crippen molar-refractivity contribution in [2.24, 2.45) is 0 Å². The molecule has 3 aromatic rings. The fourth-order valence-electron chi connectivity index (χ4n) is 5.41. The number of alkyl carbamates (subject to hydrolysis) is 1. The molecule has 0 spiro atoms. The number of aromatic hydroxyl groups is 2. The molecule has 0 aliphatic heterocycles. The van der Waals surface area contributed by atoms with Gasteiger partial charge in [0.15, 0.2) is 0 Å². The van der Waals surface area contributed by atoms with Crippen LogP contribution in [0.3, 0.4) is 0 Å². The van der Waals surface area contributed by atoms with E-state index < -0.39 is 35.6 Å². The fourth-order valence-corrected chi connectivity index (χ4v) is 5.41. The SMILES string of the molecule is CCCCCCCCN(C(=O)C(Cc1ccc(O)cc1)NC(=O)OC(C)(C)C)C(C(=O)Nc1ccccc1C)c1cccc(C)c1O. The first kappa shape index (κ1) is 36.9. The van der Waals surface area contributed by atoms with E-state index in [-0.39, 0.29) is 30.0 Å². The van der Waals surface area contributed by atoms with Crippen LogP contribution in [0.4, 0.5) is 10.5 Å². The molecule has 9 heteroatoms. The van der Waals surface area contributed by atoms with Crippen LogP contribution in [0, 0.1) is 13.8 Å². The van der Waals surface area contributed by atoms with Gasteiger partial charge in [0, 0.05) is 24.2 Å². The van der Waals surface area contributed by atoms with Crippen molar-refractivity contribution in [3.05, 3.63) is 89.0 Å². The van der Waals surface area contributed by atoms with E-state index in [1.807, 2.05) is 25.1 Å². The van der Waals surface area contributed by atoms with Gasteiger partial charge in [-0.05, 0) is 75.9 Å². The molecule has 0 fully saturated rings. The van der Waals surface area contributed by atoms with E-state index in [0.29, 0.717) is 23.2 Å². The molecule has 0 bridgehead atoms. The van der Waals surface area contributed by atoms with E-state index in [4.69, 9.17) is 4.74 Å². The van der Waals surface area contributed by atoms with E-state index in [2.05, 4.69) is 17.6 Å². The van der Waals surface area contributed by atoms with Crippen molar-refractivity contribution < 1.29 is 29.3 Å². The van der Waals surface area contributed by atoms with E-state index in [1.54, 1.807) is 64.1 Å². The number of carbonyl (C=O) groups is 3. The summed E-state index contributed by atoms with van der Waals surface area (Å²) in [5.41, 5.74) is 2.17. The van der Waals surface area contributed by atoms with Gasteiger partial charge in [-0.1, -0.05) is 87.6 Å². The molecule has 0 heterocycles. The second-order valence-corrected chi connectivity index (χ2v) is 13.1. The van der Waals surface area contributed by atoms with E-state index in [1.165, 1.54) is 17.0 Å². The minimum absolute atomic E-state index is 0.0734. The maximum Gasteiger partial charge on any atom is 0.408 e. The number of hydrogen-bond donors (Lipinski definition) is 4. The standard InChI is InChI=1S/C38H51N3O6/c1-7-8-9-10-11-14-24-41(36(45)32(40-37(46)47-38(4,5)6)25-28-20-22-29(42)23-21-28)33(30-18-15-17-27(3)34(30)43)35(44)39-31-19-13-12-16-26(31)2/h12-13,15-23,32-33,42-43H,7-11,14,24-25H2,1-6H3,(H,39,44)(H,40,46). The smallest absolute Gasteiger partial charge is 0.408 e. The van der Waals surface area contributed by atoms with Crippen LogP contribution in [-0.2, 0) is 20.7 Å². The lowest BCUT2D eigenvalue weighted by Crippen LogP contribution is -2.53. The van der Waals surface area contributed by atoms with Crippen LogP contribution in [0.25, 0.3) is 0 Å². The van der Waals surface area contributed by atoms with Gasteiger partial charge in [-0.2, -0.15) is 0 Å². The number of unbranched alkanes of at least 4 members (excludes halogenated alkanes) is 5. The predicted molar refractivity (Wildman–Crippen MR) is 185 cm³/mol. The second kappa shape index (κ2) is 17.4. The number of hydrogen-bond acceptors (Lipinski definition) is 6. The van der Waals surface area contributed by atoms with Crippen LogP contribution in [0.5, 0.6) is 11.5 Å². The third kappa shape index (κ3) is 11.3. The van der Waals surface area contributed by atoms with Gasteiger partial charge in [-0.25, -0.2) is 4.79 Å². The largest absolute Gasteiger partial charge is 0.508 e. The topological polar surface area (TPSA) is 128 Å². The van der Waals surface area contributed by atoms with Crippen LogP contribution in [0.1, 0.15) is 94.5 Å². The number of phenols is 2. The highest BCUT2D eigenvalue weighted by Crippen LogP contribution is 2.34. The number of rotatable bonds is 15. The van der Waals surface area contributed by atoms with Gasteiger partial charge in [0.2, 0.25) is 5.91 Å². The first-order valence-corrected chi connectivity index (χ1v) is 16.5. The molecule has 0 radical (unpaired) electrons. The van der Waals surface area contributed by atoms with Gasteiger partial charge >= 0.3 is 6.09 Å². The molecule has 47 heavy (non-hydrogen) atoms. The third-order valence-electron chi connectivity index (χ3n) is 7.93. The molecule has 2 atom stereocenters. The zero-order valence-electron chi connectivity index (χ0n) is 28.6. The Kier molecular flexibility index (Phi) is 13.7. The van der Waals surface area contributed by atoms with Crippen LogP contribution in [0.2, 0.25) is 0 Å². The van der Waals surface area contributed by atoms with E-state index >= 15 is 0 Å². The Morgan fingerprint density at radius 3 is 2.13 bits per heavy atom. The van der Waals surface area contributed by atoms with Crippen molar-refractivity contribution in [3.8, 4) is 11.5 Å². The van der Waals surface area contributed by atoms with Gasteiger partial charge in [-0.3, -0.25) is 9.59 Å². The van der Waals surface area contributed by atoms with E-state index in [9.17, 15) is 24.6 Å². The van der Waals surface area contributed by atoms with Crippen LogP contribution >= 0.6 is 0 Å². The maximum atomic E-state index is 14.8. The van der Waals surface area contributed by atoms with Crippen molar-refractivity contribution in [3.63, 3.8) is 0 Å². The summed E-state index contributed by atoms with van der Waals surface area (Å²) < 4.78 is 5.53. The molecule has 3 rings (SSSR count). The summed E-state index contributed by atoms with van der Waals surface area (Å²) >= 11 is 0. The number of nitrogens with zero attached hydrogens (tertiary/aromatic N) is 1. The molecule has 3 aromatic carbocycles. The Hall–Kier alpha value is -4.53. The number of carbonyl (C=O) groups excluding carboxylic acids is 3. The molecule has 3 amide bonds. The number of amides is 3. The number of benzene rings is 3. The number of anilines is 1. The van der Waals surface area contributed by atoms with Gasteiger partial charge in [-0.15, -0.1) is 0 Å². The number of nitrogens with one attached hydrogen (secondary N) is 2. The molecular weight excluding hydrogens is 594 g/mol. The fraction of sp³-hybridized carbons (Fsp3) is 0.447. The molecule has 0 aliphatic carbocycles. The molecule has 4 N–H and O–H groups in total. The predicted octanol–water partition coefficient (Wildman–Crippen LogP) is 7.72. The van der Waals surface area contributed by atoms with Crippen molar-refractivity contribution in [1.82, 2.24) is 10.2 Å². The summed E-state index contributed by atoms with van der Waals surface area (Å²) in [6.45, 7) is 11.2. The first-order valence-electron chi connectivity index (χ1n) is 16.5. The first-order chi connectivity index (χ1) is 22.3. The highest BCUT2D eigenvalue weighted by Gasteiger charge is 2.38. The average molecular weight is 646 g/mol. The monoisotopic (exact) mass is 645 g/mol. The lowest BCUT2D eigenvalue weighted by molar-refractivity contribution is -0.141. The molecule has 0 saturated heterocycles. The third-order valence-corrected chi connectivity index (χ3v) is 7.93. The Morgan fingerprint density at radius 2 is 1.47 bits per heavy atom. The van der Waals surface area contributed by atoms with E-state index in [0.717, 1.165) is 37.7 Å². The van der Waals surface area contributed by atoms with Crippen molar-refractivity contribution >= 4 is 23.6 Å². The summed E-state index contributed by atoms with van der Waals surface area (Å²) in [5.74, 6) is -0.985. The van der Waals surface area contributed by atoms with Crippen molar-refractivity contribution in [1.29, 1.82) is 0 Å². The molecule has 0 aliphatic rings. The second-order valence-electron chi connectivity index (χ2n) is 13.1. The normalized spacial score (nSPS) is 12.6. The molecule has 254 valence electrons. The average Bonchev–Trinajstić information content (AvgIpc) is 3.00. The van der Waals surface area contributed by atoms with Crippen LogP contribution < -0.4 is 10.6 Å². The van der Waals surface area contributed by atoms with Gasteiger partial charge in [0.1, 0.15) is 29.2 Å². The number of ether oxygens (including phenoxy) is 1. The summed E-state index contributed by atoms with van der Waals surface area (Å²) in [7, 11) is 0. The highest BCUT2D eigenvalue weighted by atomic mass is 16.6. The summed E-state index contributed by atoms with van der Waals surface area (Å²) in [6, 6.07) is 16.6. The number of phenolic OH excluding ortho intramolecular Hbond substituents is 2. The Labute approximate surface area is 279 Å². The zero-order chi connectivity index (χ0) is 34.6. The number of aryl methyl sites for hydroxylation is 2. The summed E-state index contributed by atoms with van der Waals surface area (Å²) in [4.78, 5) is 43.6. The minimum atomic E-state index is -1.21. The molecule has 9 nitrogen and oxygen atoms in total. The summed E-state index contributed by atoms with van der Waals surface area (Å²) in [6.07, 6.45) is 5.06. The van der Waals surface area contributed by atoms with Crippen molar-refractivity contribution in [2.75, 3.05) is 11.9 Å². The molecular formula is C38H51N3O6. The zero-order valence-corrected chi connectivity index (χ0v) is 28.6. The Balaban J connectivity index is 2.10. The quantitative estimate of drug-likeness (QED) is 0.125. The molecule has 0 aromatic heterocycles. The Bertz CT molecular complexity index is 1480. The van der Waals surface area contributed by atoms with Crippen molar-refractivity contribution in [2.45, 2.75) is 104 Å². The van der Waals surface area contributed by atoms with Crippen LogP contribution in [0.15, 0.2) is 66.7 Å². The van der Waals surface area contributed by atoms with Gasteiger partial charge < -0.3 is 30.5 Å². The van der Waals surface area contributed by atoms with Crippen LogP contribution in [-0.4, -0.2) is 51.2 Å². The minimum Gasteiger partial charge on any atom is -0.508 e. The maximum absolute atomic E-state index is 14.8. The molecule has 2 unspecified atom stereocenters. The van der Waals surface area contributed by atoms with Gasteiger partial charge in [0.25, 0.3) is 5.91 Å². The highest BCUT2D eigenvalue weighted by molar-refractivity contribution is 6.00. The Morgan fingerprint density at radius 1 is 0.830 bits per heavy atom. The lowest BCUT2D eigenvalue weighted by Gasteiger charge is -2.35.